The summed E-state index contributed by atoms with van der Waals surface area (Å²) in [5.41, 5.74) is 2.43. The molecule has 1 saturated carbocycles. The van der Waals surface area contributed by atoms with Crippen LogP contribution in [-0.2, 0) is 22.6 Å². The van der Waals surface area contributed by atoms with E-state index >= 15 is 0 Å². The number of benzene rings is 2. The first-order valence-electron chi connectivity index (χ1n) is 8.60. The van der Waals surface area contributed by atoms with Crippen LogP contribution in [0.15, 0.2) is 59.1 Å². The minimum Gasteiger partial charge on any atom is -0.376 e. The lowest BCUT2D eigenvalue weighted by atomic mass is 9.78. The first-order valence-corrected chi connectivity index (χ1v) is 9.39. The van der Waals surface area contributed by atoms with Crippen molar-refractivity contribution in [3.05, 3.63) is 70.2 Å². The van der Waals surface area contributed by atoms with E-state index in [4.69, 9.17) is 4.74 Å². The highest BCUT2D eigenvalue weighted by atomic mass is 79.9. The van der Waals surface area contributed by atoms with Crippen LogP contribution >= 0.6 is 15.9 Å². The molecule has 0 bridgehead atoms. The van der Waals surface area contributed by atoms with E-state index in [1.54, 1.807) is 0 Å². The molecule has 24 heavy (non-hydrogen) atoms. The molecule has 2 unspecified atom stereocenters. The lowest BCUT2D eigenvalue weighted by molar-refractivity contribution is -0.126. The minimum atomic E-state index is 0.128. The third-order valence-electron chi connectivity index (χ3n) is 4.76. The van der Waals surface area contributed by atoms with Gasteiger partial charge in [0.15, 0.2) is 0 Å². The van der Waals surface area contributed by atoms with Crippen molar-refractivity contribution < 1.29 is 9.53 Å². The molecule has 0 radical (unpaired) electrons. The molecule has 1 aliphatic rings. The zero-order chi connectivity index (χ0) is 16.8. The number of carbonyl (C=O) groups is 1. The molecule has 0 heterocycles. The molecule has 3 heteroatoms. The molecule has 0 saturated heterocycles. The first-order chi connectivity index (χ1) is 11.7. The van der Waals surface area contributed by atoms with Gasteiger partial charge in [-0.25, -0.2) is 0 Å². The Morgan fingerprint density at radius 3 is 2.58 bits per heavy atom. The third-order valence-corrected chi connectivity index (χ3v) is 5.54. The van der Waals surface area contributed by atoms with E-state index in [1.807, 2.05) is 36.4 Å². The zero-order valence-corrected chi connectivity index (χ0v) is 15.4. The van der Waals surface area contributed by atoms with Gasteiger partial charge >= 0.3 is 0 Å². The van der Waals surface area contributed by atoms with E-state index in [0.29, 0.717) is 24.7 Å². The van der Waals surface area contributed by atoms with Crippen molar-refractivity contribution in [3.63, 3.8) is 0 Å². The summed E-state index contributed by atoms with van der Waals surface area (Å²) in [4.78, 5) is 12.3. The van der Waals surface area contributed by atoms with Gasteiger partial charge in [-0.05, 0) is 42.4 Å². The number of carbonyl (C=O) groups excluding carboxylic acids is 1. The van der Waals surface area contributed by atoms with Gasteiger partial charge in [0.25, 0.3) is 0 Å². The Hall–Kier alpha value is -1.45. The minimum absolute atomic E-state index is 0.128. The van der Waals surface area contributed by atoms with Crippen LogP contribution in [0, 0.1) is 11.8 Å². The third kappa shape index (κ3) is 4.78. The number of hydrogen-bond donors (Lipinski definition) is 0. The number of hydrogen-bond acceptors (Lipinski definition) is 2. The van der Waals surface area contributed by atoms with Gasteiger partial charge in [-0.1, -0.05) is 64.5 Å². The van der Waals surface area contributed by atoms with Gasteiger partial charge in [-0.3, -0.25) is 4.79 Å². The van der Waals surface area contributed by atoms with Crippen LogP contribution in [0.2, 0.25) is 0 Å². The van der Waals surface area contributed by atoms with E-state index in [2.05, 4.69) is 34.1 Å². The number of halogens is 1. The Morgan fingerprint density at radius 2 is 1.79 bits per heavy atom. The maximum Gasteiger partial charge on any atom is 0.136 e. The normalized spacial score (nSPS) is 21.0. The van der Waals surface area contributed by atoms with E-state index in [-0.39, 0.29) is 5.92 Å². The van der Waals surface area contributed by atoms with Crippen LogP contribution in [0.25, 0.3) is 0 Å². The Kier molecular flexibility index (Phi) is 6.22. The van der Waals surface area contributed by atoms with Crippen molar-refractivity contribution in [2.24, 2.45) is 11.8 Å². The molecule has 0 amide bonds. The van der Waals surface area contributed by atoms with Crippen molar-refractivity contribution in [1.82, 2.24) is 0 Å². The van der Waals surface area contributed by atoms with Crippen molar-refractivity contribution in [1.29, 1.82) is 0 Å². The van der Waals surface area contributed by atoms with E-state index in [1.165, 1.54) is 11.1 Å². The smallest absolute Gasteiger partial charge is 0.136 e. The van der Waals surface area contributed by atoms with Crippen LogP contribution < -0.4 is 0 Å². The molecule has 2 aromatic rings. The molecule has 1 aliphatic carbocycles. The molecule has 0 spiro atoms. The van der Waals surface area contributed by atoms with Crippen LogP contribution in [0.4, 0.5) is 0 Å². The van der Waals surface area contributed by atoms with Gasteiger partial charge in [0, 0.05) is 23.4 Å². The Bertz CT molecular complexity index is 669. The lowest BCUT2D eigenvalue weighted by Crippen LogP contribution is -2.29. The van der Waals surface area contributed by atoms with Gasteiger partial charge in [-0.2, -0.15) is 0 Å². The summed E-state index contributed by atoms with van der Waals surface area (Å²) in [6, 6.07) is 18.4. The summed E-state index contributed by atoms with van der Waals surface area (Å²) in [5, 5.41) is 0. The number of Topliss-reactive ketones (excluding diaryl/α,β-unsaturated/α-hetero) is 1. The Labute approximate surface area is 152 Å². The molecular formula is C21H23BrO2. The summed E-state index contributed by atoms with van der Waals surface area (Å²) in [6.45, 7) is 1.40. The van der Waals surface area contributed by atoms with Crippen LogP contribution in [0.5, 0.6) is 0 Å². The van der Waals surface area contributed by atoms with Crippen LogP contribution in [0.3, 0.4) is 0 Å². The van der Waals surface area contributed by atoms with Crippen molar-refractivity contribution in [2.45, 2.75) is 32.3 Å². The average Bonchev–Trinajstić information content (AvgIpc) is 2.60. The highest BCUT2D eigenvalue weighted by molar-refractivity contribution is 9.10. The zero-order valence-electron chi connectivity index (χ0n) is 13.8. The number of ether oxygens (including phenoxy) is 1. The highest BCUT2D eigenvalue weighted by Crippen LogP contribution is 2.31. The van der Waals surface area contributed by atoms with Crippen LogP contribution in [-0.4, -0.2) is 12.4 Å². The molecule has 0 aliphatic heterocycles. The van der Waals surface area contributed by atoms with Gasteiger partial charge in [0.1, 0.15) is 5.78 Å². The molecule has 1 fully saturated rings. The summed E-state index contributed by atoms with van der Waals surface area (Å²) >= 11 is 3.59. The van der Waals surface area contributed by atoms with E-state index < -0.39 is 0 Å². The fraction of sp³-hybridized carbons (Fsp3) is 0.381. The van der Waals surface area contributed by atoms with Crippen molar-refractivity contribution in [2.75, 3.05) is 6.61 Å². The van der Waals surface area contributed by atoms with Gasteiger partial charge in [0.2, 0.25) is 0 Å². The molecule has 3 rings (SSSR count). The molecular weight excluding hydrogens is 364 g/mol. The van der Waals surface area contributed by atoms with Gasteiger partial charge in [0.05, 0.1) is 6.61 Å². The Morgan fingerprint density at radius 1 is 1.04 bits per heavy atom. The predicted octanol–water partition coefficient (Wildman–Crippen LogP) is 5.19. The highest BCUT2D eigenvalue weighted by Gasteiger charge is 2.29. The monoisotopic (exact) mass is 386 g/mol. The van der Waals surface area contributed by atoms with Crippen molar-refractivity contribution in [3.8, 4) is 0 Å². The fourth-order valence-electron chi connectivity index (χ4n) is 3.40. The van der Waals surface area contributed by atoms with Gasteiger partial charge < -0.3 is 4.74 Å². The molecule has 2 nitrogen and oxygen atoms in total. The summed E-state index contributed by atoms with van der Waals surface area (Å²) in [7, 11) is 0. The number of ketones is 1. The molecule has 0 N–H and O–H groups in total. The second-order valence-corrected chi connectivity index (χ2v) is 7.45. The maximum atomic E-state index is 12.3. The quantitative estimate of drug-likeness (QED) is 0.682. The fourth-order valence-corrected chi connectivity index (χ4v) is 3.84. The van der Waals surface area contributed by atoms with Crippen molar-refractivity contribution >= 4 is 21.7 Å². The second-order valence-electron chi connectivity index (χ2n) is 6.60. The second kappa shape index (κ2) is 8.59. The molecule has 126 valence electrons. The molecule has 2 aromatic carbocycles. The maximum absolute atomic E-state index is 12.3. The summed E-state index contributed by atoms with van der Waals surface area (Å²) < 4.78 is 6.99. The Balaban J connectivity index is 1.51. The first kappa shape index (κ1) is 17.4. The van der Waals surface area contributed by atoms with E-state index in [9.17, 15) is 4.79 Å². The number of rotatable bonds is 6. The SMILES string of the molecule is O=C1CCC(COCc2ccccc2)CC1Cc1ccccc1Br. The summed E-state index contributed by atoms with van der Waals surface area (Å²) in [6.07, 6.45) is 3.42. The topological polar surface area (TPSA) is 26.3 Å². The molecule has 2 atom stereocenters. The molecule has 0 aromatic heterocycles. The average molecular weight is 387 g/mol. The lowest BCUT2D eigenvalue weighted by Gasteiger charge is -2.28. The largest absolute Gasteiger partial charge is 0.376 e. The summed E-state index contributed by atoms with van der Waals surface area (Å²) in [5.74, 6) is 1.02. The standard InChI is InChI=1S/C21H23BrO2/c22-20-9-5-4-8-18(20)13-19-12-17(10-11-21(19)23)15-24-14-16-6-2-1-3-7-16/h1-9,17,19H,10-15H2. The van der Waals surface area contributed by atoms with Crippen LogP contribution in [0.1, 0.15) is 30.4 Å². The van der Waals surface area contributed by atoms with E-state index in [0.717, 1.165) is 30.3 Å². The predicted molar refractivity (Wildman–Crippen MR) is 99.8 cm³/mol. The van der Waals surface area contributed by atoms with Gasteiger partial charge in [-0.15, -0.1) is 0 Å².